The molecule has 3 nitrogen and oxygen atoms in total. The average Bonchev–Trinajstić information content (AvgIpc) is 2.84. The largest absolute Gasteiger partial charge is 0.423 e. The van der Waals surface area contributed by atoms with Crippen molar-refractivity contribution in [2.24, 2.45) is 0 Å². The lowest BCUT2D eigenvalue weighted by molar-refractivity contribution is 0.585. The molecular formula is C11H11BrN2O. The van der Waals surface area contributed by atoms with E-state index in [1.54, 1.807) is 0 Å². The van der Waals surface area contributed by atoms with Crippen molar-refractivity contribution in [2.75, 3.05) is 18.0 Å². The van der Waals surface area contributed by atoms with Crippen molar-refractivity contribution in [3.8, 4) is 0 Å². The van der Waals surface area contributed by atoms with Crippen molar-refractivity contribution in [1.82, 2.24) is 4.98 Å². The smallest absolute Gasteiger partial charge is 0.298 e. The van der Waals surface area contributed by atoms with Crippen molar-refractivity contribution in [3.05, 3.63) is 22.7 Å². The summed E-state index contributed by atoms with van der Waals surface area (Å²) in [6.45, 7) is 2.13. The number of rotatable bonds is 1. The molecule has 2 aromatic rings. The molecule has 78 valence electrons. The zero-order valence-electron chi connectivity index (χ0n) is 8.24. The van der Waals surface area contributed by atoms with Crippen LogP contribution >= 0.6 is 15.9 Å². The van der Waals surface area contributed by atoms with Gasteiger partial charge in [0.1, 0.15) is 5.52 Å². The van der Waals surface area contributed by atoms with Gasteiger partial charge in [0.2, 0.25) is 0 Å². The zero-order valence-corrected chi connectivity index (χ0v) is 9.83. The van der Waals surface area contributed by atoms with Crippen LogP contribution in [0.15, 0.2) is 27.1 Å². The molecule has 4 heteroatoms. The van der Waals surface area contributed by atoms with Gasteiger partial charge in [-0.15, -0.1) is 0 Å². The van der Waals surface area contributed by atoms with E-state index in [9.17, 15) is 0 Å². The van der Waals surface area contributed by atoms with Crippen LogP contribution in [0.25, 0.3) is 11.1 Å². The topological polar surface area (TPSA) is 29.3 Å². The molecule has 1 aliphatic heterocycles. The zero-order chi connectivity index (χ0) is 10.3. The Morgan fingerprint density at radius 2 is 2.07 bits per heavy atom. The maximum Gasteiger partial charge on any atom is 0.298 e. The van der Waals surface area contributed by atoms with Gasteiger partial charge in [-0.1, -0.05) is 15.9 Å². The van der Waals surface area contributed by atoms with E-state index in [0.29, 0.717) is 0 Å². The Labute approximate surface area is 96.2 Å². The number of aromatic nitrogens is 1. The molecule has 0 aliphatic carbocycles. The van der Waals surface area contributed by atoms with E-state index in [2.05, 4.69) is 25.8 Å². The first-order valence-corrected chi connectivity index (χ1v) is 5.93. The standard InChI is InChI=1S/C11H11BrN2O/c12-8-3-4-10-9(7-8)13-11(15-10)14-5-1-2-6-14/h3-4,7H,1-2,5-6H2. The molecule has 0 bridgehead atoms. The predicted octanol–water partition coefficient (Wildman–Crippen LogP) is 3.19. The third kappa shape index (κ3) is 1.63. The van der Waals surface area contributed by atoms with Crippen LogP contribution in [0.1, 0.15) is 12.8 Å². The number of oxazole rings is 1. The first-order chi connectivity index (χ1) is 7.33. The van der Waals surface area contributed by atoms with Crippen LogP contribution in [0.2, 0.25) is 0 Å². The third-order valence-electron chi connectivity index (χ3n) is 2.71. The highest BCUT2D eigenvalue weighted by molar-refractivity contribution is 9.10. The highest BCUT2D eigenvalue weighted by Gasteiger charge is 2.17. The maximum atomic E-state index is 5.70. The number of hydrogen-bond acceptors (Lipinski definition) is 3. The summed E-state index contributed by atoms with van der Waals surface area (Å²) in [5.41, 5.74) is 1.78. The Morgan fingerprint density at radius 1 is 1.27 bits per heavy atom. The molecule has 2 heterocycles. The van der Waals surface area contributed by atoms with E-state index in [4.69, 9.17) is 4.42 Å². The Kier molecular flexibility index (Phi) is 2.16. The van der Waals surface area contributed by atoms with Gasteiger partial charge in [-0.3, -0.25) is 0 Å². The van der Waals surface area contributed by atoms with Crippen LogP contribution in [0.3, 0.4) is 0 Å². The van der Waals surface area contributed by atoms with E-state index in [1.165, 1.54) is 12.8 Å². The lowest BCUT2D eigenvalue weighted by atomic mass is 10.3. The van der Waals surface area contributed by atoms with Gasteiger partial charge in [-0.2, -0.15) is 4.98 Å². The molecule has 1 fully saturated rings. The number of benzene rings is 1. The van der Waals surface area contributed by atoms with Gasteiger partial charge < -0.3 is 9.32 Å². The molecule has 0 unspecified atom stereocenters. The molecule has 1 aliphatic rings. The van der Waals surface area contributed by atoms with Crippen LogP contribution in [0.4, 0.5) is 6.01 Å². The summed E-state index contributed by atoms with van der Waals surface area (Å²) < 4.78 is 6.74. The summed E-state index contributed by atoms with van der Waals surface area (Å²) in [7, 11) is 0. The maximum absolute atomic E-state index is 5.70. The molecule has 15 heavy (non-hydrogen) atoms. The van der Waals surface area contributed by atoms with E-state index in [0.717, 1.165) is 34.7 Å². The van der Waals surface area contributed by atoms with Gasteiger partial charge in [0.05, 0.1) is 0 Å². The van der Waals surface area contributed by atoms with Crippen LogP contribution in [0, 0.1) is 0 Å². The molecule has 0 spiro atoms. The lowest BCUT2D eigenvalue weighted by Crippen LogP contribution is -2.17. The summed E-state index contributed by atoms with van der Waals surface area (Å²) in [5.74, 6) is 0. The molecule has 0 atom stereocenters. The van der Waals surface area contributed by atoms with Gasteiger partial charge >= 0.3 is 0 Å². The number of nitrogens with zero attached hydrogens (tertiary/aromatic N) is 2. The molecule has 3 rings (SSSR count). The average molecular weight is 267 g/mol. The van der Waals surface area contributed by atoms with E-state index >= 15 is 0 Å². The van der Waals surface area contributed by atoms with E-state index in [-0.39, 0.29) is 0 Å². The van der Waals surface area contributed by atoms with Crippen LogP contribution in [-0.2, 0) is 0 Å². The van der Waals surface area contributed by atoms with Crippen molar-refractivity contribution < 1.29 is 4.42 Å². The Bertz CT molecular complexity index is 488. The Hall–Kier alpha value is -1.03. The fourth-order valence-electron chi connectivity index (χ4n) is 1.93. The number of halogens is 1. The fourth-order valence-corrected chi connectivity index (χ4v) is 2.28. The molecule has 0 saturated carbocycles. The van der Waals surface area contributed by atoms with Crippen LogP contribution < -0.4 is 4.90 Å². The first kappa shape index (κ1) is 9.21. The second-order valence-corrected chi connectivity index (χ2v) is 4.72. The molecule has 1 saturated heterocycles. The summed E-state index contributed by atoms with van der Waals surface area (Å²) in [6, 6.07) is 6.67. The SMILES string of the molecule is Brc1ccc2oc(N3CCCC3)nc2c1. The molecule has 0 amide bonds. The van der Waals surface area contributed by atoms with Crippen LogP contribution in [0.5, 0.6) is 0 Å². The summed E-state index contributed by atoms with van der Waals surface area (Å²) in [4.78, 5) is 6.69. The summed E-state index contributed by atoms with van der Waals surface area (Å²) in [6.07, 6.45) is 2.48. The summed E-state index contributed by atoms with van der Waals surface area (Å²) >= 11 is 3.43. The second-order valence-electron chi connectivity index (χ2n) is 3.80. The first-order valence-electron chi connectivity index (χ1n) is 5.14. The van der Waals surface area contributed by atoms with Gasteiger partial charge in [0.25, 0.3) is 6.01 Å². The number of hydrogen-bond donors (Lipinski definition) is 0. The van der Waals surface area contributed by atoms with Crippen molar-refractivity contribution in [1.29, 1.82) is 0 Å². The normalized spacial score (nSPS) is 16.5. The van der Waals surface area contributed by atoms with Crippen molar-refractivity contribution >= 4 is 33.0 Å². The fraction of sp³-hybridized carbons (Fsp3) is 0.364. The minimum Gasteiger partial charge on any atom is -0.423 e. The van der Waals surface area contributed by atoms with Gasteiger partial charge in [0, 0.05) is 17.6 Å². The highest BCUT2D eigenvalue weighted by Crippen LogP contribution is 2.26. The lowest BCUT2D eigenvalue weighted by Gasteiger charge is -2.10. The summed E-state index contributed by atoms with van der Waals surface area (Å²) in [5, 5.41) is 0. The van der Waals surface area contributed by atoms with Gasteiger partial charge in [-0.25, -0.2) is 0 Å². The molecule has 0 radical (unpaired) electrons. The number of anilines is 1. The molecule has 1 aromatic heterocycles. The van der Waals surface area contributed by atoms with Crippen molar-refractivity contribution in [2.45, 2.75) is 12.8 Å². The van der Waals surface area contributed by atoms with Gasteiger partial charge in [0.15, 0.2) is 5.58 Å². The van der Waals surface area contributed by atoms with Crippen molar-refractivity contribution in [3.63, 3.8) is 0 Å². The van der Waals surface area contributed by atoms with E-state index in [1.807, 2.05) is 18.2 Å². The Balaban J connectivity index is 2.05. The monoisotopic (exact) mass is 266 g/mol. The molecule has 1 aromatic carbocycles. The predicted molar refractivity (Wildman–Crippen MR) is 63.2 cm³/mol. The number of fused-ring (bicyclic) bond motifs is 1. The van der Waals surface area contributed by atoms with Crippen LogP contribution in [-0.4, -0.2) is 18.1 Å². The minimum absolute atomic E-state index is 0.764. The molecular weight excluding hydrogens is 256 g/mol. The van der Waals surface area contributed by atoms with Gasteiger partial charge in [-0.05, 0) is 31.0 Å². The van der Waals surface area contributed by atoms with E-state index < -0.39 is 0 Å². The minimum atomic E-state index is 0.764. The quantitative estimate of drug-likeness (QED) is 0.794. The highest BCUT2D eigenvalue weighted by atomic mass is 79.9. The second kappa shape index (κ2) is 3.52. The third-order valence-corrected chi connectivity index (χ3v) is 3.21. The molecule has 0 N–H and O–H groups in total. The Morgan fingerprint density at radius 3 is 2.87 bits per heavy atom.